The summed E-state index contributed by atoms with van der Waals surface area (Å²) in [5, 5.41) is 6.95. The van der Waals surface area contributed by atoms with Crippen molar-refractivity contribution in [2.75, 3.05) is 5.32 Å². The van der Waals surface area contributed by atoms with Crippen LogP contribution in [-0.4, -0.2) is 11.7 Å². The van der Waals surface area contributed by atoms with Crippen LogP contribution in [-0.2, 0) is 9.59 Å². The summed E-state index contributed by atoms with van der Waals surface area (Å²) in [6, 6.07) is 6.66. The van der Waals surface area contributed by atoms with Crippen LogP contribution in [0.5, 0.6) is 0 Å². The molecule has 7 heteroatoms. The molecular formula is C21H18Cl2N2O3. The number of hydrogen-bond acceptors (Lipinski definition) is 4. The van der Waals surface area contributed by atoms with Crippen molar-refractivity contribution in [2.45, 2.75) is 32.1 Å². The highest BCUT2D eigenvalue weighted by molar-refractivity contribution is 6.36. The molecule has 2 N–H and O–H groups in total. The molecule has 1 atom stereocenters. The van der Waals surface area contributed by atoms with Gasteiger partial charge in [-0.2, -0.15) is 0 Å². The number of dihydropyridines is 1. The van der Waals surface area contributed by atoms with Crippen molar-refractivity contribution in [2.24, 2.45) is 0 Å². The van der Waals surface area contributed by atoms with Crippen LogP contribution >= 0.6 is 23.2 Å². The van der Waals surface area contributed by atoms with Crippen molar-refractivity contribution < 1.29 is 14.0 Å². The molecule has 5 nitrogen and oxygen atoms in total. The molecular weight excluding hydrogens is 399 g/mol. The zero-order valence-corrected chi connectivity index (χ0v) is 16.7. The van der Waals surface area contributed by atoms with Crippen molar-refractivity contribution in [3.05, 3.63) is 74.9 Å². The lowest BCUT2D eigenvalue weighted by Gasteiger charge is -2.33. The van der Waals surface area contributed by atoms with E-state index in [-0.39, 0.29) is 11.7 Å². The van der Waals surface area contributed by atoms with Gasteiger partial charge >= 0.3 is 0 Å². The van der Waals surface area contributed by atoms with Gasteiger partial charge in [-0.25, -0.2) is 0 Å². The number of Topliss-reactive ketones (excluding diaryl/α,β-unsaturated/α-hetero) is 1. The van der Waals surface area contributed by atoms with Gasteiger partial charge in [-0.3, -0.25) is 9.59 Å². The molecule has 1 unspecified atom stereocenters. The Kier molecular flexibility index (Phi) is 5.04. The molecule has 28 heavy (non-hydrogen) atoms. The number of allylic oxidation sites excluding steroid dienone is 3. The summed E-state index contributed by atoms with van der Waals surface area (Å²) in [5.41, 5.74) is 3.88. The molecule has 1 amide bonds. The van der Waals surface area contributed by atoms with E-state index in [4.69, 9.17) is 27.6 Å². The average Bonchev–Trinajstić information content (AvgIpc) is 3.18. The minimum atomic E-state index is -0.485. The Morgan fingerprint density at radius 3 is 2.82 bits per heavy atom. The summed E-state index contributed by atoms with van der Waals surface area (Å²) in [5.74, 6) is -0.774. The van der Waals surface area contributed by atoms with Gasteiger partial charge in [-0.1, -0.05) is 23.2 Å². The van der Waals surface area contributed by atoms with E-state index in [9.17, 15) is 9.59 Å². The summed E-state index contributed by atoms with van der Waals surface area (Å²) >= 11 is 12.2. The van der Waals surface area contributed by atoms with Crippen LogP contribution < -0.4 is 10.6 Å². The maximum Gasteiger partial charge on any atom is 0.254 e. The fourth-order valence-corrected chi connectivity index (χ4v) is 4.18. The van der Waals surface area contributed by atoms with Gasteiger partial charge in [0.25, 0.3) is 5.91 Å². The van der Waals surface area contributed by atoms with Crippen LogP contribution in [0.1, 0.15) is 37.7 Å². The van der Waals surface area contributed by atoms with E-state index < -0.39 is 5.92 Å². The van der Waals surface area contributed by atoms with Gasteiger partial charge in [0.2, 0.25) is 0 Å². The van der Waals surface area contributed by atoms with E-state index >= 15 is 0 Å². The largest absolute Gasteiger partial charge is 0.472 e. The van der Waals surface area contributed by atoms with Gasteiger partial charge < -0.3 is 15.1 Å². The molecule has 0 fully saturated rings. The minimum Gasteiger partial charge on any atom is -0.472 e. The highest BCUT2D eigenvalue weighted by Crippen LogP contribution is 2.42. The topological polar surface area (TPSA) is 71.3 Å². The van der Waals surface area contributed by atoms with E-state index in [0.717, 1.165) is 24.1 Å². The number of halogens is 2. The van der Waals surface area contributed by atoms with Crippen LogP contribution in [0.25, 0.3) is 0 Å². The third kappa shape index (κ3) is 3.36. The van der Waals surface area contributed by atoms with Crippen LogP contribution in [0.4, 0.5) is 5.69 Å². The summed E-state index contributed by atoms with van der Waals surface area (Å²) in [6.45, 7) is 1.84. The first-order valence-electron chi connectivity index (χ1n) is 8.98. The number of ketones is 1. The molecule has 4 rings (SSSR count). The minimum absolute atomic E-state index is 0.0542. The standard InChI is InChI=1S/C21H18Cl2N2O3/c1-11-18(21(27)25-16-9-13(22)5-6-14(16)23)19(12-7-8-28-10-12)20-15(24-11)3-2-4-17(20)26/h5-10,19,24H,2-4H2,1H3,(H,25,27). The Morgan fingerprint density at radius 2 is 2.07 bits per heavy atom. The molecule has 0 saturated heterocycles. The Bertz CT molecular complexity index is 1020. The number of rotatable bonds is 3. The van der Waals surface area contributed by atoms with E-state index in [1.165, 1.54) is 0 Å². The smallest absolute Gasteiger partial charge is 0.254 e. The van der Waals surface area contributed by atoms with Crippen molar-refractivity contribution >= 4 is 40.6 Å². The molecule has 0 spiro atoms. The third-order valence-electron chi connectivity index (χ3n) is 5.07. The SMILES string of the molecule is CC1=C(C(=O)Nc2cc(Cl)ccc2Cl)C(c2ccoc2)C2=C(CCCC2=O)N1. The van der Waals surface area contributed by atoms with E-state index in [2.05, 4.69) is 10.6 Å². The van der Waals surface area contributed by atoms with Gasteiger partial charge in [0, 0.05) is 45.5 Å². The molecule has 2 heterocycles. The summed E-state index contributed by atoms with van der Waals surface area (Å²) < 4.78 is 5.25. The predicted molar refractivity (Wildman–Crippen MR) is 108 cm³/mol. The van der Waals surface area contributed by atoms with Crippen LogP contribution in [0.15, 0.2) is 63.7 Å². The van der Waals surface area contributed by atoms with Crippen molar-refractivity contribution in [1.29, 1.82) is 0 Å². The number of benzene rings is 1. The van der Waals surface area contributed by atoms with Crippen LogP contribution in [0.3, 0.4) is 0 Å². The van der Waals surface area contributed by atoms with Gasteiger partial charge in [0.1, 0.15) is 0 Å². The number of hydrogen-bond donors (Lipinski definition) is 2. The highest BCUT2D eigenvalue weighted by atomic mass is 35.5. The molecule has 0 bridgehead atoms. The van der Waals surface area contributed by atoms with E-state index in [0.29, 0.717) is 39.0 Å². The number of nitrogens with one attached hydrogen (secondary N) is 2. The first-order chi connectivity index (χ1) is 13.5. The maximum absolute atomic E-state index is 13.3. The zero-order chi connectivity index (χ0) is 19.8. The molecule has 1 aromatic heterocycles. The first kappa shape index (κ1) is 18.8. The second-order valence-electron chi connectivity index (χ2n) is 6.90. The molecule has 1 aliphatic carbocycles. The number of anilines is 1. The number of furan rings is 1. The fraction of sp³-hybridized carbons (Fsp3) is 0.238. The van der Waals surface area contributed by atoms with Gasteiger partial charge in [0.05, 0.1) is 23.2 Å². The number of carbonyl (C=O) groups excluding carboxylic acids is 2. The summed E-state index contributed by atoms with van der Waals surface area (Å²) in [4.78, 5) is 26.0. The molecule has 0 radical (unpaired) electrons. The lowest BCUT2D eigenvalue weighted by atomic mass is 9.75. The Hall–Kier alpha value is -2.50. The monoisotopic (exact) mass is 416 g/mol. The molecule has 0 saturated carbocycles. The van der Waals surface area contributed by atoms with Crippen molar-refractivity contribution in [1.82, 2.24) is 5.32 Å². The number of carbonyl (C=O) groups is 2. The van der Waals surface area contributed by atoms with Gasteiger partial charge in [-0.05, 0) is 44.0 Å². The third-order valence-corrected chi connectivity index (χ3v) is 5.64. The lowest BCUT2D eigenvalue weighted by Crippen LogP contribution is -2.35. The molecule has 2 aromatic rings. The quantitative estimate of drug-likeness (QED) is 0.721. The normalized spacial score (nSPS) is 19.4. The van der Waals surface area contributed by atoms with Crippen molar-refractivity contribution in [3.63, 3.8) is 0 Å². The second kappa shape index (κ2) is 7.49. The van der Waals surface area contributed by atoms with Crippen LogP contribution in [0, 0.1) is 0 Å². The summed E-state index contributed by atoms with van der Waals surface area (Å²) in [6.07, 6.45) is 5.18. The van der Waals surface area contributed by atoms with Gasteiger partial charge in [0.15, 0.2) is 5.78 Å². The Balaban J connectivity index is 1.76. The second-order valence-corrected chi connectivity index (χ2v) is 7.74. The molecule has 2 aliphatic rings. The van der Waals surface area contributed by atoms with Gasteiger partial charge in [-0.15, -0.1) is 0 Å². The molecule has 144 valence electrons. The fourth-order valence-electron chi connectivity index (χ4n) is 3.84. The van der Waals surface area contributed by atoms with Crippen LogP contribution in [0.2, 0.25) is 10.0 Å². The van der Waals surface area contributed by atoms with E-state index in [1.54, 1.807) is 36.8 Å². The maximum atomic E-state index is 13.3. The Morgan fingerprint density at radius 1 is 1.25 bits per heavy atom. The lowest BCUT2D eigenvalue weighted by molar-refractivity contribution is -0.116. The number of amides is 1. The highest BCUT2D eigenvalue weighted by Gasteiger charge is 2.38. The molecule has 1 aliphatic heterocycles. The Labute approximate surface area is 172 Å². The summed E-state index contributed by atoms with van der Waals surface area (Å²) in [7, 11) is 0. The van der Waals surface area contributed by atoms with E-state index in [1.807, 2.05) is 6.92 Å². The predicted octanol–water partition coefficient (Wildman–Crippen LogP) is 5.19. The average molecular weight is 417 g/mol. The first-order valence-corrected chi connectivity index (χ1v) is 9.74. The van der Waals surface area contributed by atoms with Crippen molar-refractivity contribution in [3.8, 4) is 0 Å². The molecule has 1 aromatic carbocycles. The zero-order valence-electron chi connectivity index (χ0n) is 15.1.